The van der Waals surface area contributed by atoms with Crippen molar-refractivity contribution in [2.45, 2.75) is 44.7 Å². The van der Waals surface area contributed by atoms with Crippen molar-refractivity contribution in [1.82, 2.24) is 20.1 Å². The molecule has 0 unspecified atom stereocenters. The Hall–Kier alpha value is -2.64. The summed E-state index contributed by atoms with van der Waals surface area (Å²) >= 11 is 0. The summed E-state index contributed by atoms with van der Waals surface area (Å²) < 4.78 is 0. The van der Waals surface area contributed by atoms with Crippen molar-refractivity contribution < 1.29 is 19.5 Å². The van der Waals surface area contributed by atoms with E-state index in [9.17, 15) is 19.5 Å². The van der Waals surface area contributed by atoms with Crippen molar-refractivity contribution in [3.63, 3.8) is 0 Å². The lowest BCUT2D eigenvalue weighted by atomic mass is 9.72. The van der Waals surface area contributed by atoms with Crippen LogP contribution in [-0.2, 0) is 9.59 Å². The van der Waals surface area contributed by atoms with E-state index in [0.29, 0.717) is 31.7 Å². The molecule has 3 fully saturated rings. The third-order valence-corrected chi connectivity index (χ3v) is 6.31. The summed E-state index contributed by atoms with van der Waals surface area (Å²) in [6, 6.07) is 3.04. The minimum atomic E-state index is -0.149. The number of likely N-dealkylation sites (tertiary alicyclic amines) is 1. The molecule has 3 aliphatic rings. The lowest BCUT2D eigenvalue weighted by molar-refractivity contribution is -0.151. The number of nitrogens with zero attached hydrogens (tertiary/aromatic N) is 3. The minimum absolute atomic E-state index is 0.0267. The van der Waals surface area contributed by atoms with Crippen molar-refractivity contribution in [3.8, 4) is 5.75 Å². The first-order chi connectivity index (χ1) is 13.4. The van der Waals surface area contributed by atoms with Crippen LogP contribution in [0.3, 0.4) is 0 Å². The number of pyridine rings is 1. The van der Waals surface area contributed by atoms with E-state index < -0.39 is 0 Å². The number of aromatic nitrogens is 1. The molecule has 2 N–H and O–H groups in total. The Morgan fingerprint density at radius 1 is 1.29 bits per heavy atom. The number of aromatic hydroxyl groups is 1. The van der Waals surface area contributed by atoms with Gasteiger partial charge in [-0.1, -0.05) is 0 Å². The number of carbonyl (C=O) groups is 3. The fraction of sp³-hybridized carbons (Fsp3) is 0.600. The summed E-state index contributed by atoms with van der Waals surface area (Å²) in [6.07, 6.45) is 4.62. The molecular weight excluding hydrogens is 360 g/mol. The highest BCUT2D eigenvalue weighted by atomic mass is 16.3. The Morgan fingerprint density at radius 2 is 2.07 bits per heavy atom. The van der Waals surface area contributed by atoms with Gasteiger partial charge in [0.1, 0.15) is 11.4 Å². The molecule has 1 aromatic heterocycles. The molecular formula is C20H26N4O4. The van der Waals surface area contributed by atoms with Crippen LogP contribution in [0.15, 0.2) is 18.3 Å². The van der Waals surface area contributed by atoms with Gasteiger partial charge in [-0.25, -0.2) is 4.98 Å². The van der Waals surface area contributed by atoms with Crippen LogP contribution < -0.4 is 5.32 Å². The maximum Gasteiger partial charge on any atom is 0.272 e. The number of carbonyl (C=O) groups excluding carboxylic acids is 3. The SMILES string of the molecule is CC(=O)NC[C@H]1[C@H]2C[C@H](CN(C(=O)c3ccc(O)cn3)C2)[C@@H]2CCCC(=O)N21. The van der Waals surface area contributed by atoms with E-state index in [4.69, 9.17) is 0 Å². The Balaban J connectivity index is 1.58. The van der Waals surface area contributed by atoms with Gasteiger partial charge in [-0.2, -0.15) is 0 Å². The molecule has 8 nitrogen and oxygen atoms in total. The predicted octanol–water partition coefficient (Wildman–Crippen LogP) is 0.765. The van der Waals surface area contributed by atoms with Crippen LogP contribution >= 0.6 is 0 Å². The van der Waals surface area contributed by atoms with Gasteiger partial charge in [-0.05, 0) is 43.2 Å². The predicted molar refractivity (Wildman–Crippen MR) is 100 cm³/mol. The maximum absolute atomic E-state index is 13.0. The maximum atomic E-state index is 13.0. The van der Waals surface area contributed by atoms with Gasteiger partial charge in [0.25, 0.3) is 5.91 Å². The highest BCUT2D eigenvalue weighted by Crippen LogP contribution is 2.41. The van der Waals surface area contributed by atoms with Crippen LogP contribution in [0.4, 0.5) is 0 Å². The van der Waals surface area contributed by atoms with Crippen LogP contribution in [-0.4, -0.2) is 69.3 Å². The molecule has 3 saturated heterocycles. The van der Waals surface area contributed by atoms with Gasteiger partial charge in [0, 0.05) is 39.0 Å². The average Bonchev–Trinajstić information content (AvgIpc) is 2.68. The molecule has 0 saturated carbocycles. The molecule has 3 amide bonds. The standard InChI is InChI=1S/C20H26N4O4/c1-12(25)21-9-18-14-7-13(17-3-2-4-19(27)24(17)18)10-23(11-14)20(28)16-6-5-15(26)8-22-16/h5-6,8,13-14,17-18,26H,2-4,7,9-11H2,1H3,(H,21,25)/t13-,14+,17+,18+/m1/s1. The van der Waals surface area contributed by atoms with Gasteiger partial charge in [0.2, 0.25) is 11.8 Å². The van der Waals surface area contributed by atoms with Gasteiger partial charge >= 0.3 is 0 Å². The quantitative estimate of drug-likeness (QED) is 0.799. The first-order valence-corrected chi connectivity index (χ1v) is 9.94. The van der Waals surface area contributed by atoms with Crippen molar-refractivity contribution in [2.24, 2.45) is 11.8 Å². The fourth-order valence-electron chi connectivity index (χ4n) is 5.13. The van der Waals surface area contributed by atoms with Crippen LogP contribution in [0.25, 0.3) is 0 Å². The monoisotopic (exact) mass is 386 g/mol. The van der Waals surface area contributed by atoms with Crippen molar-refractivity contribution in [3.05, 3.63) is 24.0 Å². The first kappa shape index (κ1) is 18.7. The second-order valence-corrected chi connectivity index (χ2v) is 8.13. The molecule has 3 aliphatic heterocycles. The van der Waals surface area contributed by atoms with Gasteiger partial charge in [-0.3, -0.25) is 14.4 Å². The lowest BCUT2D eigenvalue weighted by Crippen LogP contribution is -2.67. The molecule has 150 valence electrons. The molecule has 0 spiro atoms. The normalized spacial score (nSPS) is 29.2. The highest BCUT2D eigenvalue weighted by Gasteiger charge is 2.50. The number of hydrogen-bond donors (Lipinski definition) is 2. The van der Waals surface area contributed by atoms with E-state index in [1.807, 2.05) is 9.80 Å². The van der Waals surface area contributed by atoms with E-state index in [-0.39, 0.29) is 47.4 Å². The van der Waals surface area contributed by atoms with Gasteiger partial charge in [-0.15, -0.1) is 0 Å². The Labute approximate surface area is 163 Å². The highest BCUT2D eigenvalue weighted by molar-refractivity contribution is 5.92. The van der Waals surface area contributed by atoms with E-state index >= 15 is 0 Å². The van der Waals surface area contributed by atoms with Gasteiger partial charge in [0.05, 0.1) is 12.2 Å². The molecule has 0 aromatic carbocycles. The van der Waals surface area contributed by atoms with Crippen molar-refractivity contribution in [1.29, 1.82) is 0 Å². The topological polar surface area (TPSA) is 103 Å². The summed E-state index contributed by atoms with van der Waals surface area (Å²) in [7, 11) is 0. The largest absolute Gasteiger partial charge is 0.506 e. The molecule has 4 atom stereocenters. The molecule has 4 heterocycles. The molecule has 1 aromatic rings. The van der Waals surface area contributed by atoms with Gasteiger partial charge in [0.15, 0.2) is 0 Å². The summed E-state index contributed by atoms with van der Waals surface area (Å²) in [5, 5.41) is 12.3. The average molecular weight is 386 g/mol. The summed E-state index contributed by atoms with van der Waals surface area (Å²) in [5.41, 5.74) is 0.313. The Bertz CT molecular complexity index is 781. The van der Waals surface area contributed by atoms with Crippen LogP contribution in [0.2, 0.25) is 0 Å². The van der Waals surface area contributed by atoms with E-state index in [0.717, 1.165) is 19.3 Å². The summed E-state index contributed by atoms with van der Waals surface area (Å²) in [6.45, 7) is 3.06. The molecule has 0 radical (unpaired) electrons. The molecule has 4 rings (SSSR count). The zero-order valence-electron chi connectivity index (χ0n) is 16.0. The molecule has 8 heteroatoms. The minimum Gasteiger partial charge on any atom is -0.506 e. The zero-order chi connectivity index (χ0) is 19.8. The summed E-state index contributed by atoms with van der Waals surface area (Å²) in [5.74, 6) is 0.311. The number of hydrogen-bond acceptors (Lipinski definition) is 5. The van der Waals surface area contributed by atoms with Gasteiger partial charge < -0.3 is 20.2 Å². The van der Waals surface area contributed by atoms with Crippen molar-refractivity contribution in [2.75, 3.05) is 19.6 Å². The van der Waals surface area contributed by atoms with E-state index in [1.54, 1.807) is 0 Å². The van der Waals surface area contributed by atoms with Crippen molar-refractivity contribution >= 4 is 17.7 Å². The third-order valence-electron chi connectivity index (χ3n) is 6.31. The second-order valence-electron chi connectivity index (χ2n) is 8.13. The number of amides is 3. The number of piperidine rings is 3. The van der Waals surface area contributed by atoms with E-state index in [1.165, 1.54) is 25.3 Å². The smallest absolute Gasteiger partial charge is 0.272 e. The van der Waals surface area contributed by atoms with Crippen LogP contribution in [0.5, 0.6) is 5.75 Å². The Kier molecular flexibility index (Phi) is 4.95. The number of nitrogens with one attached hydrogen (secondary N) is 1. The number of fused-ring (bicyclic) bond motifs is 4. The summed E-state index contributed by atoms with van der Waals surface area (Å²) in [4.78, 5) is 45.0. The third kappa shape index (κ3) is 3.43. The second kappa shape index (κ2) is 7.41. The zero-order valence-corrected chi connectivity index (χ0v) is 16.0. The van der Waals surface area contributed by atoms with E-state index in [2.05, 4.69) is 10.3 Å². The molecule has 0 aliphatic carbocycles. The van der Waals surface area contributed by atoms with Crippen LogP contribution in [0, 0.1) is 11.8 Å². The van der Waals surface area contributed by atoms with Crippen LogP contribution in [0.1, 0.15) is 43.1 Å². The molecule has 2 bridgehead atoms. The Morgan fingerprint density at radius 3 is 2.79 bits per heavy atom. The number of rotatable bonds is 3. The first-order valence-electron chi connectivity index (χ1n) is 9.94. The molecule has 28 heavy (non-hydrogen) atoms. The lowest BCUT2D eigenvalue weighted by Gasteiger charge is -2.56. The fourth-order valence-corrected chi connectivity index (χ4v) is 5.13.